The first kappa shape index (κ1) is 14.3. The number of hydrogen-bond donors (Lipinski definition) is 3. The third-order valence-corrected chi connectivity index (χ3v) is 2.92. The van der Waals surface area contributed by atoms with E-state index in [2.05, 4.69) is 15.1 Å². The third-order valence-electron chi connectivity index (χ3n) is 2.92. The Morgan fingerprint density at radius 3 is 2.57 bits per heavy atom. The number of rotatable bonds is 3. The number of aromatic nitrogens is 3. The zero-order valence-corrected chi connectivity index (χ0v) is 11.2. The highest BCUT2D eigenvalue weighted by Crippen LogP contribution is 2.39. The van der Waals surface area contributed by atoms with E-state index in [1.54, 1.807) is 0 Å². The fourth-order valence-corrected chi connectivity index (χ4v) is 1.87. The molecule has 0 atom stereocenters. The molecule has 3 N–H and O–H groups in total. The first-order chi connectivity index (χ1) is 11.0. The molecule has 0 unspecified atom stereocenters. The van der Waals surface area contributed by atoms with Crippen LogP contribution in [0.4, 0.5) is 5.69 Å². The van der Waals surface area contributed by atoms with Gasteiger partial charge >= 0.3 is 5.69 Å². The normalized spacial score (nSPS) is 10.6. The maximum Gasteiger partial charge on any atom is 0.315 e. The predicted molar refractivity (Wildman–Crippen MR) is 74.6 cm³/mol. The number of benzene rings is 1. The van der Waals surface area contributed by atoms with Crippen LogP contribution in [0.15, 0.2) is 35.1 Å². The van der Waals surface area contributed by atoms with Gasteiger partial charge in [0.25, 0.3) is 5.89 Å². The molecule has 10 heteroatoms. The zero-order chi connectivity index (χ0) is 16.6. The highest BCUT2D eigenvalue weighted by atomic mass is 16.6. The zero-order valence-electron chi connectivity index (χ0n) is 11.2. The van der Waals surface area contributed by atoms with Crippen molar-refractivity contribution in [2.24, 2.45) is 0 Å². The molecule has 0 saturated heterocycles. The minimum atomic E-state index is -0.852. The van der Waals surface area contributed by atoms with Crippen molar-refractivity contribution in [3.8, 4) is 40.1 Å². The summed E-state index contributed by atoms with van der Waals surface area (Å²) in [7, 11) is 0. The van der Waals surface area contributed by atoms with Gasteiger partial charge in [0.05, 0.1) is 16.7 Å². The largest absolute Gasteiger partial charge is 0.506 e. The van der Waals surface area contributed by atoms with Gasteiger partial charge in [0, 0.05) is 17.8 Å². The number of pyridine rings is 1. The molecule has 2 aromatic heterocycles. The highest BCUT2D eigenvalue weighted by molar-refractivity contribution is 5.68. The highest BCUT2D eigenvalue weighted by Gasteiger charge is 2.22. The maximum absolute atomic E-state index is 10.9. The Kier molecular flexibility index (Phi) is 3.26. The smallest absolute Gasteiger partial charge is 0.315 e. The quantitative estimate of drug-likeness (QED) is 0.372. The van der Waals surface area contributed by atoms with Crippen molar-refractivity contribution in [3.63, 3.8) is 0 Å². The van der Waals surface area contributed by atoms with Crippen LogP contribution in [0.1, 0.15) is 0 Å². The fourth-order valence-electron chi connectivity index (χ4n) is 1.87. The van der Waals surface area contributed by atoms with Gasteiger partial charge in [-0.1, -0.05) is 5.16 Å². The van der Waals surface area contributed by atoms with Crippen LogP contribution in [0.5, 0.6) is 17.2 Å². The van der Waals surface area contributed by atoms with Crippen molar-refractivity contribution in [1.29, 1.82) is 0 Å². The van der Waals surface area contributed by atoms with Gasteiger partial charge in [0.2, 0.25) is 11.6 Å². The van der Waals surface area contributed by atoms with Crippen LogP contribution in [-0.4, -0.2) is 35.4 Å². The van der Waals surface area contributed by atoms with Crippen molar-refractivity contribution in [3.05, 3.63) is 40.7 Å². The second-order valence-corrected chi connectivity index (χ2v) is 4.48. The molecule has 23 heavy (non-hydrogen) atoms. The molecule has 3 aromatic rings. The maximum atomic E-state index is 10.9. The van der Waals surface area contributed by atoms with Gasteiger partial charge in [-0.15, -0.1) is 0 Å². The average Bonchev–Trinajstić information content (AvgIpc) is 2.99. The van der Waals surface area contributed by atoms with Crippen molar-refractivity contribution >= 4 is 5.69 Å². The Morgan fingerprint density at radius 2 is 1.87 bits per heavy atom. The van der Waals surface area contributed by atoms with Crippen LogP contribution < -0.4 is 0 Å². The topological polar surface area (TPSA) is 156 Å². The lowest BCUT2D eigenvalue weighted by Crippen LogP contribution is -1.90. The summed E-state index contributed by atoms with van der Waals surface area (Å²) >= 11 is 0. The van der Waals surface area contributed by atoms with Crippen LogP contribution in [0, 0.1) is 10.1 Å². The minimum absolute atomic E-state index is 0.0545. The molecule has 10 nitrogen and oxygen atoms in total. The van der Waals surface area contributed by atoms with Gasteiger partial charge in [-0.3, -0.25) is 15.1 Å². The van der Waals surface area contributed by atoms with Crippen molar-refractivity contribution in [2.75, 3.05) is 0 Å². The van der Waals surface area contributed by atoms with Gasteiger partial charge < -0.3 is 19.8 Å². The first-order valence-corrected chi connectivity index (χ1v) is 6.14. The summed E-state index contributed by atoms with van der Waals surface area (Å²) in [4.78, 5) is 17.8. The molecule has 0 bridgehead atoms. The molecule has 2 heterocycles. The van der Waals surface area contributed by atoms with Crippen LogP contribution in [0.25, 0.3) is 22.8 Å². The van der Waals surface area contributed by atoms with E-state index in [1.807, 2.05) is 0 Å². The lowest BCUT2D eigenvalue weighted by molar-refractivity contribution is -0.385. The molecule has 0 saturated carbocycles. The second-order valence-electron chi connectivity index (χ2n) is 4.48. The summed E-state index contributed by atoms with van der Waals surface area (Å²) in [6, 6.07) is 3.41. The van der Waals surface area contributed by atoms with Crippen LogP contribution in [-0.2, 0) is 0 Å². The third kappa shape index (κ3) is 2.60. The van der Waals surface area contributed by atoms with E-state index in [1.165, 1.54) is 18.5 Å². The van der Waals surface area contributed by atoms with Gasteiger partial charge in [-0.2, -0.15) is 4.98 Å². The SMILES string of the molecule is O=[N+]([O-])c1cc(-c2nc(-c3cncc(O)c3)no2)cc(O)c1O. The van der Waals surface area contributed by atoms with E-state index in [0.717, 1.165) is 12.1 Å². The molecule has 0 fully saturated rings. The molecule has 1 aromatic carbocycles. The van der Waals surface area contributed by atoms with Gasteiger partial charge in [-0.25, -0.2) is 0 Å². The van der Waals surface area contributed by atoms with E-state index in [-0.39, 0.29) is 23.0 Å². The molecule has 0 aliphatic heterocycles. The summed E-state index contributed by atoms with van der Waals surface area (Å²) in [5.74, 6) is -1.64. The summed E-state index contributed by atoms with van der Waals surface area (Å²) in [5, 5.41) is 42.9. The number of hydrogen-bond acceptors (Lipinski definition) is 9. The molecule has 0 spiro atoms. The van der Waals surface area contributed by atoms with E-state index in [4.69, 9.17) is 4.52 Å². The minimum Gasteiger partial charge on any atom is -0.506 e. The number of phenols is 2. The first-order valence-electron chi connectivity index (χ1n) is 6.14. The lowest BCUT2D eigenvalue weighted by atomic mass is 10.1. The second kappa shape index (κ2) is 5.26. The number of nitro benzene ring substituents is 1. The number of nitro groups is 1. The molecule has 0 aliphatic rings. The predicted octanol–water partition coefficient (Wildman–Crippen LogP) is 1.82. The van der Waals surface area contributed by atoms with Crippen LogP contribution in [0.3, 0.4) is 0 Å². The Bertz CT molecular complexity index is 907. The summed E-state index contributed by atoms with van der Waals surface area (Å²) in [6.45, 7) is 0. The van der Waals surface area contributed by atoms with Crippen LogP contribution in [0.2, 0.25) is 0 Å². The lowest BCUT2D eigenvalue weighted by Gasteiger charge is -2.01. The Labute approximate surface area is 127 Å². The molecule has 0 radical (unpaired) electrons. The van der Waals surface area contributed by atoms with Gasteiger partial charge in [0.15, 0.2) is 5.75 Å². The molecular weight excluding hydrogens is 308 g/mol. The van der Waals surface area contributed by atoms with Crippen LogP contribution >= 0.6 is 0 Å². The van der Waals surface area contributed by atoms with Crippen molar-refractivity contribution in [1.82, 2.24) is 15.1 Å². The van der Waals surface area contributed by atoms with Crippen molar-refractivity contribution < 1.29 is 24.8 Å². The van der Waals surface area contributed by atoms with E-state index >= 15 is 0 Å². The fraction of sp³-hybridized carbons (Fsp3) is 0. The average molecular weight is 316 g/mol. The number of aromatic hydroxyl groups is 3. The summed E-state index contributed by atoms with van der Waals surface area (Å²) in [5.41, 5.74) is -0.268. The molecule has 116 valence electrons. The molecule has 3 rings (SSSR count). The number of nitrogens with zero attached hydrogens (tertiary/aromatic N) is 4. The summed E-state index contributed by atoms with van der Waals surface area (Å²) < 4.78 is 4.99. The van der Waals surface area contributed by atoms with Gasteiger partial charge in [-0.05, 0) is 12.1 Å². The van der Waals surface area contributed by atoms with E-state index in [9.17, 15) is 25.4 Å². The Hall–Kier alpha value is -3.69. The molecule has 0 aliphatic carbocycles. The van der Waals surface area contributed by atoms with E-state index < -0.39 is 22.1 Å². The Morgan fingerprint density at radius 1 is 1.09 bits per heavy atom. The number of phenolic OH excluding ortho intramolecular Hbond substituents is 2. The Balaban J connectivity index is 2.06. The molecule has 0 amide bonds. The van der Waals surface area contributed by atoms with Crippen molar-refractivity contribution in [2.45, 2.75) is 0 Å². The summed E-state index contributed by atoms with van der Waals surface area (Å²) in [6.07, 6.45) is 2.62. The molecular formula is C13H8N4O6. The standard InChI is InChI=1S/C13H8N4O6/c18-8-1-7(4-14-5-8)12-15-13(23-16-12)6-2-9(17(21)22)11(20)10(19)3-6/h1-5,18-20H. The van der Waals surface area contributed by atoms with Gasteiger partial charge in [0.1, 0.15) is 5.75 Å². The monoisotopic (exact) mass is 316 g/mol. The van der Waals surface area contributed by atoms with E-state index in [0.29, 0.717) is 5.56 Å².